The molecule has 2 rings (SSSR count). The number of nitro groups is 1. The third-order valence-corrected chi connectivity index (χ3v) is 4.37. The lowest BCUT2D eigenvalue weighted by atomic mass is 10.2. The van der Waals surface area contributed by atoms with Crippen LogP contribution in [0.4, 0.5) is 11.4 Å². The molecule has 0 saturated carbocycles. The van der Waals surface area contributed by atoms with Crippen LogP contribution >= 0.6 is 0 Å². The lowest BCUT2D eigenvalue weighted by Gasteiger charge is -2.08. The van der Waals surface area contributed by atoms with Crippen molar-refractivity contribution in [1.29, 1.82) is 0 Å². The Labute approximate surface area is 122 Å². The Hall–Kier alpha value is -2.41. The minimum Gasteiger partial charge on any atom is -0.280 e. The van der Waals surface area contributed by atoms with Crippen LogP contribution in [0.25, 0.3) is 0 Å². The number of nitrogens with one attached hydrogen (secondary N) is 1. The van der Waals surface area contributed by atoms with Gasteiger partial charge in [-0.1, -0.05) is 19.1 Å². The van der Waals surface area contributed by atoms with E-state index in [1.54, 1.807) is 12.1 Å². The van der Waals surface area contributed by atoms with Gasteiger partial charge in [0.2, 0.25) is 0 Å². The number of hydrogen-bond acceptors (Lipinski definition) is 4. The maximum atomic E-state index is 12.2. The summed E-state index contributed by atoms with van der Waals surface area (Å²) in [7, 11) is -3.69. The highest BCUT2D eigenvalue weighted by Gasteiger charge is 2.14. The van der Waals surface area contributed by atoms with E-state index in [2.05, 4.69) is 4.72 Å². The molecule has 0 amide bonds. The first kappa shape index (κ1) is 15.0. The van der Waals surface area contributed by atoms with Crippen molar-refractivity contribution in [2.24, 2.45) is 0 Å². The molecule has 0 atom stereocenters. The van der Waals surface area contributed by atoms with E-state index in [1.807, 2.05) is 6.92 Å². The zero-order valence-corrected chi connectivity index (χ0v) is 12.1. The van der Waals surface area contributed by atoms with Crippen molar-refractivity contribution < 1.29 is 13.3 Å². The SMILES string of the molecule is CCc1ccc(S(=O)(=O)Nc2ccc([N+](=O)[O-])cc2)cc1. The van der Waals surface area contributed by atoms with Gasteiger partial charge in [0.25, 0.3) is 15.7 Å². The summed E-state index contributed by atoms with van der Waals surface area (Å²) < 4.78 is 26.7. The number of rotatable bonds is 5. The second-order valence-electron chi connectivity index (χ2n) is 4.41. The van der Waals surface area contributed by atoms with E-state index in [1.165, 1.54) is 36.4 Å². The minimum absolute atomic E-state index is 0.0924. The van der Waals surface area contributed by atoms with E-state index in [9.17, 15) is 18.5 Å². The van der Waals surface area contributed by atoms with Crippen molar-refractivity contribution in [2.75, 3.05) is 4.72 Å². The Morgan fingerprint density at radius 1 is 1.05 bits per heavy atom. The molecule has 0 fully saturated rings. The number of sulfonamides is 1. The van der Waals surface area contributed by atoms with E-state index in [4.69, 9.17) is 0 Å². The first-order valence-corrected chi connectivity index (χ1v) is 7.77. The van der Waals surface area contributed by atoms with Gasteiger partial charge < -0.3 is 0 Å². The molecule has 0 aliphatic carbocycles. The minimum atomic E-state index is -3.69. The van der Waals surface area contributed by atoms with Gasteiger partial charge in [0.05, 0.1) is 9.82 Å². The summed E-state index contributed by atoms with van der Waals surface area (Å²) in [5.74, 6) is 0. The largest absolute Gasteiger partial charge is 0.280 e. The van der Waals surface area contributed by atoms with Gasteiger partial charge >= 0.3 is 0 Å². The zero-order valence-electron chi connectivity index (χ0n) is 11.3. The van der Waals surface area contributed by atoms with E-state index < -0.39 is 14.9 Å². The van der Waals surface area contributed by atoms with Gasteiger partial charge in [-0.25, -0.2) is 8.42 Å². The first-order chi connectivity index (χ1) is 9.92. The van der Waals surface area contributed by atoms with Crippen LogP contribution in [0.2, 0.25) is 0 Å². The molecule has 6 nitrogen and oxygen atoms in total. The Balaban J connectivity index is 2.21. The normalized spacial score (nSPS) is 11.1. The molecule has 0 aromatic heterocycles. The van der Waals surface area contributed by atoms with E-state index in [-0.39, 0.29) is 16.3 Å². The van der Waals surface area contributed by atoms with Crippen molar-refractivity contribution >= 4 is 21.4 Å². The Morgan fingerprint density at radius 2 is 1.62 bits per heavy atom. The molecule has 0 saturated heterocycles. The highest BCUT2D eigenvalue weighted by molar-refractivity contribution is 7.92. The number of aryl methyl sites for hydroxylation is 1. The fourth-order valence-corrected chi connectivity index (χ4v) is 2.83. The van der Waals surface area contributed by atoms with Crippen LogP contribution < -0.4 is 4.72 Å². The van der Waals surface area contributed by atoms with Gasteiger partial charge in [-0.15, -0.1) is 0 Å². The van der Waals surface area contributed by atoms with Crippen molar-refractivity contribution in [2.45, 2.75) is 18.2 Å². The highest BCUT2D eigenvalue weighted by Crippen LogP contribution is 2.19. The fourth-order valence-electron chi connectivity index (χ4n) is 1.77. The third-order valence-electron chi connectivity index (χ3n) is 2.97. The highest BCUT2D eigenvalue weighted by atomic mass is 32.2. The summed E-state index contributed by atoms with van der Waals surface area (Å²) in [5.41, 5.74) is 1.23. The Morgan fingerprint density at radius 3 is 2.10 bits per heavy atom. The second-order valence-corrected chi connectivity index (χ2v) is 6.09. The number of benzene rings is 2. The smallest absolute Gasteiger partial charge is 0.269 e. The molecule has 0 aliphatic rings. The average Bonchev–Trinajstić information content (AvgIpc) is 2.47. The lowest BCUT2D eigenvalue weighted by molar-refractivity contribution is -0.384. The standard InChI is InChI=1S/C14H14N2O4S/c1-2-11-3-9-14(10-4-11)21(19,20)15-12-5-7-13(8-6-12)16(17)18/h3-10,15H,2H2,1H3. The number of non-ortho nitro benzene ring substituents is 1. The molecule has 21 heavy (non-hydrogen) atoms. The van der Waals surface area contributed by atoms with Crippen LogP contribution in [0.15, 0.2) is 53.4 Å². The van der Waals surface area contributed by atoms with Gasteiger partial charge in [0.15, 0.2) is 0 Å². The van der Waals surface area contributed by atoms with Crippen molar-refractivity contribution in [3.8, 4) is 0 Å². The maximum absolute atomic E-state index is 12.2. The molecule has 0 radical (unpaired) electrons. The molecular formula is C14H14N2O4S. The summed E-state index contributed by atoms with van der Waals surface area (Å²) in [5, 5.41) is 10.5. The van der Waals surface area contributed by atoms with Crippen molar-refractivity contribution in [3.63, 3.8) is 0 Å². The van der Waals surface area contributed by atoms with Crippen LogP contribution in [0.3, 0.4) is 0 Å². The summed E-state index contributed by atoms with van der Waals surface area (Å²) in [4.78, 5) is 10.2. The fraction of sp³-hybridized carbons (Fsp3) is 0.143. The predicted molar refractivity (Wildman–Crippen MR) is 79.7 cm³/mol. The number of nitro benzene ring substituents is 1. The Kier molecular flexibility index (Phi) is 4.23. The van der Waals surface area contributed by atoms with Gasteiger partial charge in [-0.3, -0.25) is 14.8 Å². The van der Waals surface area contributed by atoms with Crippen LogP contribution in [0, 0.1) is 10.1 Å². The van der Waals surface area contributed by atoms with Crippen LogP contribution in [-0.4, -0.2) is 13.3 Å². The van der Waals surface area contributed by atoms with Gasteiger partial charge in [0.1, 0.15) is 0 Å². The lowest BCUT2D eigenvalue weighted by Crippen LogP contribution is -2.12. The summed E-state index contributed by atoms with van der Waals surface area (Å²) >= 11 is 0. The van der Waals surface area contributed by atoms with Crippen LogP contribution in [0.5, 0.6) is 0 Å². The zero-order chi connectivity index (χ0) is 15.5. The van der Waals surface area contributed by atoms with E-state index >= 15 is 0 Å². The van der Waals surface area contributed by atoms with Gasteiger partial charge in [0, 0.05) is 17.8 Å². The molecule has 2 aromatic rings. The summed E-state index contributed by atoms with van der Waals surface area (Å²) in [6.45, 7) is 1.98. The number of anilines is 1. The molecule has 2 aromatic carbocycles. The summed E-state index contributed by atoms with van der Waals surface area (Å²) in [6.07, 6.45) is 0.829. The molecule has 0 aliphatic heterocycles. The van der Waals surface area contributed by atoms with Crippen LogP contribution in [0.1, 0.15) is 12.5 Å². The van der Waals surface area contributed by atoms with E-state index in [0.717, 1.165) is 12.0 Å². The van der Waals surface area contributed by atoms with Crippen molar-refractivity contribution in [1.82, 2.24) is 0 Å². The predicted octanol–water partition coefficient (Wildman–Crippen LogP) is 2.96. The molecular weight excluding hydrogens is 292 g/mol. The summed E-state index contributed by atoms with van der Waals surface area (Å²) in [6, 6.07) is 11.8. The van der Waals surface area contributed by atoms with Gasteiger partial charge in [-0.05, 0) is 36.2 Å². The quantitative estimate of drug-likeness (QED) is 0.679. The average molecular weight is 306 g/mol. The van der Waals surface area contributed by atoms with Crippen LogP contribution in [-0.2, 0) is 16.4 Å². The molecule has 7 heteroatoms. The second kappa shape index (κ2) is 5.92. The van der Waals surface area contributed by atoms with E-state index in [0.29, 0.717) is 0 Å². The molecule has 0 heterocycles. The molecule has 1 N–H and O–H groups in total. The molecule has 110 valence electrons. The third kappa shape index (κ3) is 3.57. The topological polar surface area (TPSA) is 89.3 Å². The first-order valence-electron chi connectivity index (χ1n) is 6.28. The molecule has 0 bridgehead atoms. The molecule has 0 spiro atoms. The maximum Gasteiger partial charge on any atom is 0.269 e. The Bertz CT molecular complexity index is 738. The molecule has 0 unspecified atom stereocenters. The number of nitrogens with zero attached hydrogens (tertiary/aromatic N) is 1. The van der Waals surface area contributed by atoms with Gasteiger partial charge in [-0.2, -0.15) is 0 Å². The van der Waals surface area contributed by atoms with Crippen molar-refractivity contribution in [3.05, 3.63) is 64.2 Å². The monoisotopic (exact) mass is 306 g/mol. The number of hydrogen-bond donors (Lipinski definition) is 1.